The zero-order valence-corrected chi connectivity index (χ0v) is 11.6. The molecule has 6 nitrogen and oxygen atoms in total. The topological polar surface area (TPSA) is 87.0 Å². The van der Waals surface area contributed by atoms with Crippen LogP contribution in [0.25, 0.3) is 0 Å². The molecule has 0 aliphatic heterocycles. The van der Waals surface area contributed by atoms with Gasteiger partial charge in [-0.2, -0.15) is 5.10 Å². The minimum absolute atomic E-state index is 0.0000691. The molecule has 0 aromatic carbocycles. The molecular weight excluding hydrogens is 278 g/mol. The molecule has 0 bridgehead atoms. The van der Waals surface area contributed by atoms with Crippen LogP contribution in [0.3, 0.4) is 0 Å². The highest BCUT2D eigenvalue weighted by molar-refractivity contribution is 7.10. The molecule has 0 radical (unpaired) electrons. The van der Waals surface area contributed by atoms with E-state index in [2.05, 4.69) is 10.4 Å². The van der Waals surface area contributed by atoms with Crippen LogP contribution in [0.4, 0.5) is 5.69 Å². The Morgan fingerprint density at radius 3 is 3.00 bits per heavy atom. The summed E-state index contributed by atoms with van der Waals surface area (Å²) in [6, 6.07) is 3.82. The van der Waals surface area contributed by atoms with Crippen molar-refractivity contribution in [2.75, 3.05) is 5.32 Å². The van der Waals surface area contributed by atoms with Crippen LogP contribution in [-0.4, -0.2) is 21.7 Å². The second-order valence-electron chi connectivity index (χ2n) is 4.27. The predicted octanol–water partition coefficient (Wildman–Crippen LogP) is 0.656. The van der Waals surface area contributed by atoms with E-state index in [1.54, 1.807) is 17.1 Å². The first-order valence-electron chi connectivity index (χ1n) is 6.18. The summed E-state index contributed by atoms with van der Waals surface area (Å²) in [7, 11) is 0. The van der Waals surface area contributed by atoms with E-state index >= 15 is 0 Å². The lowest BCUT2D eigenvalue weighted by molar-refractivity contribution is -0.305. The standard InChI is InChI=1S/C13H15N3O3S/c17-12(7-11-3-2-6-20-11)15-10-8-14-16(9-10)5-1-4-13(18)19/h2-3,6,8-9H,1,4-5,7H2,(H,15,17)(H,18,19)/p-1. The molecule has 106 valence electrons. The number of aliphatic carboxylic acids is 1. The zero-order chi connectivity index (χ0) is 14.4. The van der Waals surface area contributed by atoms with E-state index in [0.717, 1.165) is 4.88 Å². The Bertz CT molecular complexity index is 577. The van der Waals surface area contributed by atoms with Crippen molar-refractivity contribution in [1.29, 1.82) is 0 Å². The van der Waals surface area contributed by atoms with Gasteiger partial charge in [0.05, 0.1) is 18.3 Å². The van der Waals surface area contributed by atoms with Gasteiger partial charge in [-0.25, -0.2) is 0 Å². The smallest absolute Gasteiger partial charge is 0.229 e. The molecule has 0 atom stereocenters. The number of aryl methyl sites for hydroxylation is 1. The molecule has 1 amide bonds. The van der Waals surface area contributed by atoms with E-state index in [-0.39, 0.29) is 12.3 Å². The Labute approximate surface area is 120 Å². The highest BCUT2D eigenvalue weighted by Gasteiger charge is 2.06. The molecule has 2 rings (SSSR count). The van der Waals surface area contributed by atoms with Gasteiger partial charge in [-0.05, 0) is 24.3 Å². The van der Waals surface area contributed by atoms with E-state index in [9.17, 15) is 14.7 Å². The second-order valence-corrected chi connectivity index (χ2v) is 5.30. The monoisotopic (exact) mass is 292 g/mol. The Morgan fingerprint density at radius 2 is 2.30 bits per heavy atom. The Morgan fingerprint density at radius 1 is 1.45 bits per heavy atom. The van der Waals surface area contributed by atoms with Gasteiger partial charge in [0.25, 0.3) is 0 Å². The van der Waals surface area contributed by atoms with Crippen molar-refractivity contribution in [2.45, 2.75) is 25.8 Å². The van der Waals surface area contributed by atoms with Gasteiger partial charge in [-0.15, -0.1) is 11.3 Å². The number of rotatable bonds is 7. The lowest BCUT2D eigenvalue weighted by atomic mass is 10.3. The van der Waals surface area contributed by atoms with Crippen LogP contribution >= 0.6 is 11.3 Å². The summed E-state index contributed by atoms with van der Waals surface area (Å²) in [4.78, 5) is 23.1. The lowest BCUT2D eigenvalue weighted by Crippen LogP contribution is -2.22. The van der Waals surface area contributed by atoms with Crippen molar-refractivity contribution < 1.29 is 14.7 Å². The fourth-order valence-corrected chi connectivity index (χ4v) is 2.42. The maximum absolute atomic E-state index is 11.8. The summed E-state index contributed by atoms with van der Waals surface area (Å²) in [6.07, 6.45) is 4.02. The molecule has 2 aromatic rings. The van der Waals surface area contributed by atoms with Crippen molar-refractivity contribution >= 4 is 28.9 Å². The van der Waals surface area contributed by atoms with Gasteiger partial charge in [-0.3, -0.25) is 9.48 Å². The van der Waals surface area contributed by atoms with Gasteiger partial charge in [0.2, 0.25) is 5.91 Å². The van der Waals surface area contributed by atoms with Crippen molar-refractivity contribution in [2.24, 2.45) is 0 Å². The second kappa shape index (κ2) is 6.85. The first-order valence-corrected chi connectivity index (χ1v) is 7.06. The summed E-state index contributed by atoms with van der Waals surface area (Å²) >= 11 is 1.54. The Balaban J connectivity index is 1.80. The van der Waals surface area contributed by atoms with Crippen LogP contribution in [0, 0.1) is 0 Å². The average molecular weight is 292 g/mol. The normalized spacial score (nSPS) is 10.4. The highest BCUT2D eigenvalue weighted by atomic mass is 32.1. The quantitative estimate of drug-likeness (QED) is 0.812. The number of amides is 1. The number of thiophene rings is 1. The maximum atomic E-state index is 11.8. The first kappa shape index (κ1) is 14.3. The number of carbonyl (C=O) groups excluding carboxylic acids is 2. The molecule has 20 heavy (non-hydrogen) atoms. The summed E-state index contributed by atoms with van der Waals surface area (Å²) in [5.41, 5.74) is 0.611. The van der Waals surface area contributed by atoms with Crippen LogP contribution in [0.2, 0.25) is 0 Å². The number of carbonyl (C=O) groups is 2. The van der Waals surface area contributed by atoms with Crippen LogP contribution in [0.5, 0.6) is 0 Å². The number of anilines is 1. The first-order chi connectivity index (χ1) is 9.63. The molecule has 0 fully saturated rings. The number of nitrogens with one attached hydrogen (secondary N) is 1. The molecule has 0 spiro atoms. The van der Waals surface area contributed by atoms with Gasteiger partial charge in [0.15, 0.2) is 0 Å². The Hall–Kier alpha value is -2.15. The van der Waals surface area contributed by atoms with Gasteiger partial charge < -0.3 is 15.2 Å². The molecule has 7 heteroatoms. The number of carboxylic acid groups (broad SMARTS) is 1. The number of carboxylic acids is 1. The molecule has 2 aromatic heterocycles. The van der Waals surface area contributed by atoms with Crippen LogP contribution < -0.4 is 10.4 Å². The van der Waals surface area contributed by atoms with E-state index in [1.807, 2.05) is 17.5 Å². The van der Waals surface area contributed by atoms with Gasteiger partial charge in [0.1, 0.15) is 0 Å². The molecule has 0 saturated heterocycles. The number of hydrogen-bond acceptors (Lipinski definition) is 5. The van der Waals surface area contributed by atoms with Crippen molar-refractivity contribution in [3.63, 3.8) is 0 Å². The fourth-order valence-electron chi connectivity index (χ4n) is 1.71. The molecule has 0 aliphatic carbocycles. The molecule has 2 heterocycles. The SMILES string of the molecule is O=C([O-])CCCn1cc(NC(=O)Cc2cccs2)cn1. The van der Waals surface area contributed by atoms with Crippen molar-refractivity contribution in [3.8, 4) is 0 Å². The summed E-state index contributed by atoms with van der Waals surface area (Å²) in [6.45, 7) is 0.481. The highest BCUT2D eigenvalue weighted by Crippen LogP contribution is 2.11. The van der Waals surface area contributed by atoms with E-state index in [0.29, 0.717) is 25.1 Å². The average Bonchev–Trinajstić information content (AvgIpc) is 3.01. The maximum Gasteiger partial charge on any atom is 0.229 e. The zero-order valence-electron chi connectivity index (χ0n) is 10.7. The molecule has 0 unspecified atom stereocenters. The summed E-state index contributed by atoms with van der Waals surface area (Å²) in [5, 5.41) is 19.0. The molecular formula is C13H14N3O3S-. The summed E-state index contributed by atoms with van der Waals surface area (Å²) in [5.74, 6) is -1.16. The predicted molar refractivity (Wildman–Crippen MR) is 73.1 cm³/mol. The third-order valence-corrected chi connectivity index (χ3v) is 3.48. The van der Waals surface area contributed by atoms with Crippen LogP contribution in [0.15, 0.2) is 29.9 Å². The van der Waals surface area contributed by atoms with E-state index in [4.69, 9.17) is 0 Å². The van der Waals surface area contributed by atoms with Crippen molar-refractivity contribution in [3.05, 3.63) is 34.8 Å². The van der Waals surface area contributed by atoms with Gasteiger partial charge >= 0.3 is 0 Å². The van der Waals surface area contributed by atoms with Crippen LogP contribution in [0.1, 0.15) is 17.7 Å². The number of nitrogens with zero attached hydrogens (tertiary/aromatic N) is 2. The van der Waals surface area contributed by atoms with Gasteiger partial charge in [-0.1, -0.05) is 6.07 Å². The van der Waals surface area contributed by atoms with Crippen LogP contribution in [-0.2, 0) is 22.6 Å². The lowest BCUT2D eigenvalue weighted by Gasteiger charge is -2.02. The van der Waals surface area contributed by atoms with Crippen molar-refractivity contribution in [1.82, 2.24) is 9.78 Å². The third kappa shape index (κ3) is 4.51. The van der Waals surface area contributed by atoms with E-state index < -0.39 is 5.97 Å². The molecule has 1 N–H and O–H groups in total. The largest absolute Gasteiger partial charge is 0.550 e. The van der Waals surface area contributed by atoms with E-state index in [1.165, 1.54) is 11.3 Å². The van der Waals surface area contributed by atoms with Gasteiger partial charge in [0, 0.05) is 23.6 Å². The Kier molecular flexibility index (Phi) is 4.89. The molecule has 0 aliphatic rings. The number of aromatic nitrogens is 2. The number of hydrogen-bond donors (Lipinski definition) is 1. The third-order valence-electron chi connectivity index (χ3n) is 2.60. The minimum Gasteiger partial charge on any atom is -0.550 e. The molecule has 0 saturated carbocycles. The fraction of sp³-hybridized carbons (Fsp3) is 0.308. The summed E-state index contributed by atoms with van der Waals surface area (Å²) < 4.78 is 1.60. The minimum atomic E-state index is -1.07.